The van der Waals surface area contributed by atoms with E-state index in [4.69, 9.17) is 4.42 Å². The van der Waals surface area contributed by atoms with E-state index < -0.39 is 0 Å². The maximum absolute atomic E-state index is 12.2. The van der Waals surface area contributed by atoms with E-state index in [0.717, 1.165) is 37.4 Å². The number of carbonyl (C=O) groups excluding carboxylic acids is 1. The summed E-state index contributed by atoms with van der Waals surface area (Å²) in [6, 6.07) is 8.42. The van der Waals surface area contributed by atoms with Gasteiger partial charge in [0.15, 0.2) is 0 Å². The molecule has 0 bridgehead atoms. The van der Waals surface area contributed by atoms with Gasteiger partial charge in [0.05, 0.1) is 6.26 Å². The third-order valence-electron chi connectivity index (χ3n) is 7.24. The van der Waals surface area contributed by atoms with Crippen LogP contribution in [-0.2, 0) is 4.79 Å². The molecule has 0 N–H and O–H groups in total. The number of likely N-dealkylation sites (tertiary alicyclic amines) is 2. The molecule has 0 atom stereocenters. The molecule has 4 nitrogen and oxygen atoms in total. The summed E-state index contributed by atoms with van der Waals surface area (Å²) in [5.41, 5.74) is 2.43. The van der Waals surface area contributed by atoms with E-state index in [1.165, 1.54) is 62.7 Å². The van der Waals surface area contributed by atoms with Crippen molar-refractivity contribution in [2.45, 2.75) is 50.9 Å². The Bertz CT molecular complexity index is 809. The van der Waals surface area contributed by atoms with E-state index in [0.29, 0.717) is 17.7 Å². The van der Waals surface area contributed by atoms with Crippen LogP contribution in [0.15, 0.2) is 34.9 Å². The van der Waals surface area contributed by atoms with Crippen molar-refractivity contribution in [3.05, 3.63) is 36.1 Å². The molecule has 0 spiro atoms. The Balaban J connectivity index is 1.06. The quantitative estimate of drug-likeness (QED) is 0.757. The maximum atomic E-state index is 12.2. The van der Waals surface area contributed by atoms with Crippen LogP contribution in [0.25, 0.3) is 11.0 Å². The average Bonchev–Trinajstić information content (AvgIpc) is 3.52. The number of hydrogen-bond acceptors (Lipinski definition) is 3. The normalized spacial score (nSPS) is 22.8. The van der Waals surface area contributed by atoms with Gasteiger partial charge in [0, 0.05) is 30.0 Å². The maximum Gasteiger partial charge on any atom is 0.225 e. The molecule has 2 saturated heterocycles. The van der Waals surface area contributed by atoms with Crippen LogP contribution in [0.5, 0.6) is 0 Å². The highest BCUT2D eigenvalue weighted by Crippen LogP contribution is 2.35. The molecule has 1 aromatic heterocycles. The van der Waals surface area contributed by atoms with Gasteiger partial charge in [-0.05, 0) is 82.5 Å². The molecule has 3 heterocycles. The predicted octanol–water partition coefficient (Wildman–Crippen LogP) is 4.65. The van der Waals surface area contributed by atoms with Crippen LogP contribution in [0, 0.1) is 11.8 Å². The number of furan rings is 1. The van der Waals surface area contributed by atoms with Crippen molar-refractivity contribution in [3.63, 3.8) is 0 Å². The third-order valence-corrected chi connectivity index (χ3v) is 7.24. The van der Waals surface area contributed by atoms with Crippen molar-refractivity contribution in [3.8, 4) is 0 Å². The third kappa shape index (κ3) is 3.84. The second-order valence-corrected chi connectivity index (χ2v) is 9.13. The Hall–Kier alpha value is -1.81. The molecule has 4 heteroatoms. The van der Waals surface area contributed by atoms with E-state index in [-0.39, 0.29) is 0 Å². The lowest BCUT2D eigenvalue weighted by Gasteiger charge is -2.35. The Morgan fingerprint density at radius 3 is 2.46 bits per heavy atom. The standard InChI is InChI=1S/C24H32N2O2/c27-24(20-5-6-20)26-15-8-18(9-16-26)7-12-25-13-10-19(11-14-25)22-17-28-23-4-2-1-3-21(22)23/h1-4,17-20H,5-16H2. The molecular weight excluding hydrogens is 348 g/mol. The summed E-state index contributed by atoms with van der Waals surface area (Å²) in [7, 11) is 0. The summed E-state index contributed by atoms with van der Waals surface area (Å²) >= 11 is 0. The van der Waals surface area contributed by atoms with E-state index in [9.17, 15) is 4.79 Å². The number of para-hydroxylation sites is 1. The van der Waals surface area contributed by atoms with E-state index >= 15 is 0 Å². The fourth-order valence-electron chi connectivity index (χ4n) is 5.18. The molecule has 3 fully saturated rings. The first-order chi connectivity index (χ1) is 13.8. The van der Waals surface area contributed by atoms with Crippen molar-refractivity contribution >= 4 is 16.9 Å². The minimum Gasteiger partial charge on any atom is -0.464 e. The zero-order valence-corrected chi connectivity index (χ0v) is 16.8. The summed E-state index contributed by atoms with van der Waals surface area (Å²) in [5, 5.41) is 1.30. The van der Waals surface area contributed by atoms with Gasteiger partial charge < -0.3 is 14.2 Å². The minimum absolute atomic E-state index is 0.380. The van der Waals surface area contributed by atoms with Crippen LogP contribution in [0.4, 0.5) is 0 Å². The molecule has 1 saturated carbocycles. The summed E-state index contributed by atoms with van der Waals surface area (Å²) in [5.74, 6) is 2.26. The largest absolute Gasteiger partial charge is 0.464 e. The van der Waals surface area contributed by atoms with Crippen LogP contribution in [0.2, 0.25) is 0 Å². The minimum atomic E-state index is 0.380. The van der Waals surface area contributed by atoms with Crippen LogP contribution >= 0.6 is 0 Å². The van der Waals surface area contributed by atoms with Crippen LogP contribution in [0.3, 0.4) is 0 Å². The van der Waals surface area contributed by atoms with Gasteiger partial charge >= 0.3 is 0 Å². The molecule has 5 rings (SSSR count). The van der Waals surface area contributed by atoms with E-state index in [1.54, 1.807) is 0 Å². The second kappa shape index (κ2) is 7.90. The highest BCUT2D eigenvalue weighted by atomic mass is 16.3. The van der Waals surface area contributed by atoms with Crippen molar-refractivity contribution in [1.29, 1.82) is 0 Å². The molecule has 1 amide bonds. The highest BCUT2D eigenvalue weighted by molar-refractivity contribution is 5.81. The molecule has 1 aliphatic carbocycles. The monoisotopic (exact) mass is 380 g/mol. The first-order valence-electron chi connectivity index (χ1n) is 11.2. The molecule has 3 aliphatic rings. The van der Waals surface area contributed by atoms with Gasteiger partial charge in [-0.2, -0.15) is 0 Å². The Kier molecular flexibility index (Phi) is 5.15. The summed E-state index contributed by atoms with van der Waals surface area (Å²) in [4.78, 5) is 17.0. The molecule has 0 radical (unpaired) electrons. The number of rotatable bonds is 5. The van der Waals surface area contributed by atoms with Gasteiger partial charge in [-0.3, -0.25) is 4.79 Å². The van der Waals surface area contributed by atoms with E-state index in [2.05, 4.69) is 28.0 Å². The number of nitrogens with zero attached hydrogens (tertiary/aromatic N) is 2. The lowest BCUT2D eigenvalue weighted by molar-refractivity contribution is -0.134. The average molecular weight is 381 g/mol. The molecule has 0 unspecified atom stereocenters. The zero-order valence-electron chi connectivity index (χ0n) is 16.8. The van der Waals surface area contributed by atoms with Crippen molar-refractivity contribution in [2.75, 3.05) is 32.7 Å². The molecule has 2 aliphatic heterocycles. The highest BCUT2D eigenvalue weighted by Gasteiger charge is 2.35. The summed E-state index contributed by atoms with van der Waals surface area (Å²) in [6.45, 7) is 5.61. The molecular formula is C24H32N2O2. The fourth-order valence-corrected chi connectivity index (χ4v) is 5.18. The van der Waals surface area contributed by atoms with Gasteiger partial charge in [0.2, 0.25) is 5.91 Å². The topological polar surface area (TPSA) is 36.7 Å². The zero-order chi connectivity index (χ0) is 18.9. The van der Waals surface area contributed by atoms with Crippen molar-refractivity contribution in [2.24, 2.45) is 11.8 Å². The van der Waals surface area contributed by atoms with Gasteiger partial charge in [-0.15, -0.1) is 0 Å². The molecule has 1 aromatic carbocycles. The number of amides is 1. The van der Waals surface area contributed by atoms with Crippen LogP contribution in [-0.4, -0.2) is 48.4 Å². The van der Waals surface area contributed by atoms with Gasteiger partial charge in [0.25, 0.3) is 0 Å². The smallest absolute Gasteiger partial charge is 0.225 e. The number of piperidine rings is 2. The number of benzene rings is 1. The Morgan fingerprint density at radius 2 is 1.71 bits per heavy atom. The first kappa shape index (κ1) is 18.2. The number of fused-ring (bicyclic) bond motifs is 1. The molecule has 28 heavy (non-hydrogen) atoms. The second-order valence-electron chi connectivity index (χ2n) is 9.13. The summed E-state index contributed by atoms with van der Waals surface area (Å²) in [6.07, 6.45) is 10.4. The van der Waals surface area contributed by atoms with Crippen LogP contribution in [0.1, 0.15) is 56.4 Å². The number of hydrogen-bond donors (Lipinski definition) is 0. The SMILES string of the molecule is O=C(C1CC1)N1CCC(CCN2CCC(c3coc4ccccc34)CC2)CC1. The van der Waals surface area contributed by atoms with Crippen LogP contribution < -0.4 is 0 Å². The predicted molar refractivity (Wildman–Crippen MR) is 111 cm³/mol. The van der Waals surface area contributed by atoms with Crippen molar-refractivity contribution in [1.82, 2.24) is 9.80 Å². The molecule has 2 aromatic rings. The van der Waals surface area contributed by atoms with E-state index in [1.807, 2.05) is 12.3 Å². The number of carbonyl (C=O) groups is 1. The summed E-state index contributed by atoms with van der Waals surface area (Å²) < 4.78 is 5.76. The lowest BCUT2D eigenvalue weighted by atomic mass is 9.88. The lowest BCUT2D eigenvalue weighted by Crippen LogP contribution is -2.40. The Morgan fingerprint density at radius 1 is 0.964 bits per heavy atom. The first-order valence-corrected chi connectivity index (χ1v) is 11.2. The Labute approximate surface area is 167 Å². The van der Waals surface area contributed by atoms with Gasteiger partial charge in [-0.1, -0.05) is 18.2 Å². The van der Waals surface area contributed by atoms with Gasteiger partial charge in [0.1, 0.15) is 5.58 Å². The molecule has 150 valence electrons. The fraction of sp³-hybridized carbons (Fsp3) is 0.625. The van der Waals surface area contributed by atoms with Crippen molar-refractivity contribution < 1.29 is 9.21 Å². The van der Waals surface area contributed by atoms with Gasteiger partial charge in [-0.25, -0.2) is 0 Å².